The SMILES string of the molecule is Cn1c(CN2CCc3ccccc3C2)cc(=O)c(O)c1CN1CCO[C@@H](c2ccccc2)C1. The Labute approximate surface area is 194 Å². The van der Waals surface area contributed by atoms with Crippen molar-refractivity contribution in [1.82, 2.24) is 14.4 Å². The molecule has 6 nitrogen and oxygen atoms in total. The highest BCUT2D eigenvalue weighted by molar-refractivity contribution is 5.32. The predicted octanol–water partition coefficient (Wildman–Crippen LogP) is 3.22. The van der Waals surface area contributed by atoms with E-state index in [1.54, 1.807) is 6.07 Å². The minimum atomic E-state index is -0.302. The van der Waals surface area contributed by atoms with Gasteiger partial charge in [0.2, 0.25) is 5.43 Å². The van der Waals surface area contributed by atoms with Crippen molar-refractivity contribution in [2.75, 3.05) is 26.2 Å². The van der Waals surface area contributed by atoms with Gasteiger partial charge in [-0.25, -0.2) is 0 Å². The minimum Gasteiger partial charge on any atom is -0.503 e. The lowest BCUT2D eigenvalue weighted by Crippen LogP contribution is -2.39. The molecule has 0 aliphatic carbocycles. The largest absolute Gasteiger partial charge is 0.503 e. The first kappa shape index (κ1) is 21.9. The summed E-state index contributed by atoms with van der Waals surface area (Å²) in [4.78, 5) is 17.3. The van der Waals surface area contributed by atoms with Gasteiger partial charge in [0.05, 0.1) is 18.4 Å². The maximum atomic E-state index is 12.7. The van der Waals surface area contributed by atoms with Crippen LogP contribution in [-0.4, -0.2) is 45.7 Å². The molecule has 0 radical (unpaired) electrons. The van der Waals surface area contributed by atoms with E-state index in [2.05, 4.69) is 46.2 Å². The van der Waals surface area contributed by atoms with Crippen molar-refractivity contribution in [1.29, 1.82) is 0 Å². The number of benzene rings is 2. The fourth-order valence-corrected chi connectivity index (χ4v) is 4.97. The summed E-state index contributed by atoms with van der Waals surface area (Å²) in [5.74, 6) is -0.145. The minimum absolute atomic E-state index is 0.00396. The van der Waals surface area contributed by atoms with E-state index in [9.17, 15) is 9.90 Å². The first-order valence-corrected chi connectivity index (χ1v) is 11.7. The molecule has 1 fully saturated rings. The summed E-state index contributed by atoms with van der Waals surface area (Å²) in [6.07, 6.45) is 1.01. The van der Waals surface area contributed by atoms with Gasteiger partial charge in [0.25, 0.3) is 0 Å². The fraction of sp³-hybridized carbons (Fsp3) is 0.370. The monoisotopic (exact) mass is 445 g/mol. The summed E-state index contributed by atoms with van der Waals surface area (Å²) in [7, 11) is 1.96. The number of hydrogen-bond acceptors (Lipinski definition) is 5. The van der Waals surface area contributed by atoms with Gasteiger partial charge in [-0.05, 0) is 23.1 Å². The molecule has 5 rings (SSSR count). The number of pyridine rings is 1. The van der Waals surface area contributed by atoms with Crippen LogP contribution in [-0.2, 0) is 37.8 Å². The Bertz CT molecular complexity index is 1170. The lowest BCUT2D eigenvalue weighted by Gasteiger charge is -2.34. The van der Waals surface area contributed by atoms with Crippen LogP contribution in [0.3, 0.4) is 0 Å². The molecule has 0 unspecified atom stereocenters. The summed E-state index contributed by atoms with van der Waals surface area (Å²) in [5, 5.41) is 10.6. The third-order valence-corrected chi connectivity index (χ3v) is 6.93. The zero-order valence-electron chi connectivity index (χ0n) is 19.1. The molecule has 1 aromatic heterocycles. The number of aromatic nitrogens is 1. The van der Waals surface area contributed by atoms with E-state index in [1.807, 2.05) is 29.8 Å². The Kier molecular flexibility index (Phi) is 6.31. The molecule has 1 saturated heterocycles. The Hall–Kier alpha value is -2.93. The van der Waals surface area contributed by atoms with Gasteiger partial charge in [-0.1, -0.05) is 54.6 Å². The number of aromatic hydroxyl groups is 1. The lowest BCUT2D eigenvalue weighted by atomic mass is 10.00. The van der Waals surface area contributed by atoms with Gasteiger partial charge >= 0.3 is 0 Å². The number of nitrogens with zero attached hydrogens (tertiary/aromatic N) is 3. The zero-order valence-corrected chi connectivity index (χ0v) is 19.1. The molecular formula is C27H31N3O3. The summed E-state index contributed by atoms with van der Waals surface area (Å²) in [6.45, 7) is 5.16. The van der Waals surface area contributed by atoms with Crippen LogP contribution in [0.4, 0.5) is 0 Å². The molecule has 1 atom stereocenters. The number of ether oxygens (including phenoxy) is 1. The molecule has 33 heavy (non-hydrogen) atoms. The van der Waals surface area contributed by atoms with E-state index in [0.29, 0.717) is 25.4 Å². The summed E-state index contributed by atoms with van der Waals surface area (Å²) < 4.78 is 7.99. The smallest absolute Gasteiger partial charge is 0.223 e. The van der Waals surface area contributed by atoms with Crippen LogP contribution >= 0.6 is 0 Å². The number of fused-ring (bicyclic) bond motifs is 1. The summed E-state index contributed by atoms with van der Waals surface area (Å²) in [6, 6.07) is 20.4. The third-order valence-electron chi connectivity index (χ3n) is 6.93. The molecule has 6 heteroatoms. The standard InChI is InChI=1S/C27H31N3O3/c1-28-23(17-29-12-11-20-7-5-6-10-22(20)16-29)15-25(31)27(32)24(28)18-30-13-14-33-26(19-30)21-8-3-2-4-9-21/h2-10,15,26,32H,11-14,16-19H2,1H3/t26-/m1/s1. The van der Waals surface area contributed by atoms with E-state index < -0.39 is 0 Å². The molecule has 0 saturated carbocycles. The molecule has 1 N–H and O–H groups in total. The average molecular weight is 446 g/mol. The van der Waals surface area contributed by atoms with Crippen molar-refractivity contribution in [2.45, 2.75) is 32.2 Å². The highest BCUT2D eigenvalue weighted by Crippen LogP contribution is 2.25. The van der Waals surface area contributed by atoms with Crippen LogP contribution in [0, 0.1) is 0 Å². The molecule has 0 spiro atoms. The Morgan fingerprint density at radius 3 is 2.55 bits per heavy atom. The molecule has 0 amide bonds. The van der Waals surface area contributed by atoms with E-state index in [-0.39, 0.29) is 17.3 Å². The maximum Gasteiger partial charge on any atom is 0.223 e. The van der Waals surface area contributed by atoms with Crippen LogP contribution < -0.4 is 5.43 Å². The molecule has 2 aliphatic rings. The highest BCUT2D eigenvalue weighted by Gasteiger charge is 2.25. The average Bonchev–Trinajstić information content (AvgIpc) is 2.86. The van der Waals surface area contributed by atoms with E-state index in [0.717, 1.165) is 43.9 Å². The Morgan fingerprint density at radius 1 is 0.970 bits per heavy atom. The molecule has 0 bridgehead atoms. The van der Waals surface area contributed by atoms with Crippen molar-refractivity contribution in [2.24, 2.45) is 7.05 Å². The van der Waals surface area contributed by atoms with Crippen LogP contribution in [0.2, 0.25) is 0 Å². The normalized spacial score (nSPS) is 19.4. The topological polar surface area (TPSA) is 57.9 Å². The van der Waals surface area contributed by atoms with Crippen molar-refractivity contribution in [3.05, 3.63) is 99.0 Å². The quantitative estimate of drug-likeness (QED) is 0.654. The second kappa shape index (κ2) is 9.51. The number of rotatable bonds is 5. The highest BCUT2D eigenvalue weighted by atomic mass is 16.5. The van der Waals surface area contributed by atoms with Gasteiger partial charge in [0.1, 0.15) is 0 Å². The van der Waals surface area contributed by atoms with E-state index in [4.69, 9.17) is 4.74 Å². The van der Waals surface area contributed by atoms with Gasteiger partial charge in [-0.15, -0.1) is 0 Å². The van der Waals surface area contributed by atoms with E-state index >= 15 is 0 Å². The second-order valence-corrected chi connectivity index (χ2v) is 9.09. The number of hydrogen-bond donors (Lipinski definition) is 1. The fourth-order valence-electron chi connectivity index (χ4n) is 4.97. The van der Waals surface area contributed by atoms with Gasteiger partial charge in [-0.2, -0.15) is 0 Å². The Morgan fingerprint density at radius 2 is 1.73 bits per heavy atom. The zero-order chi connectivity index (χ0) is 22.8. The van der Waals surface area contributed by atoms with Crippen molar-refractivity contribution in [3.8, 4) is 5.75 Å². The summed E-state index contributed by atoms with van der Waals surface area (Å²) >= 11 is 0. The van der Waals surface area contributed by atoms with Crippen LogP contribution in [0.25, 0.3) is 0 Å². The first-order valence-electron chi connectivity index (χ1n) is 11.7. The molecule has 172 valence electrons. The first-order chi connectivity index (χ1) is 16.1. The van der Waals surface area contributed by atoms with Crippen LogP contribution in [0.15, 0.2) is 65.5 Å². The number of morpholine rings is 1. The third kappa shape index (κ3) is 4.74. The molecular weight excluding hydrogens is 414 g/mol. The van der Waals surface area contributed by atoms with Crippen molar-refractivity contribution in [3.63, 3.8) is 0 Å². The van der Waals surface area contributed by atoms with E-state index in [1.165, 1.54) is 11.1 Å². The van der Waals surface area contributed by atoms with Crippen LogP contribution in [0.1, 0.15) is 34.2 Å². The van der Waals surface area contributed by atoms with Gasteiger partial charge in [0, 0.05) is 58.1 Å². The molecule has 2 aliphatic heterocycles. The molecule has 3 aromatic rings. The second-order valence-electron chi connectivity index (χ2n) is 9.09. The van der Waals surface area contributed by atoms with Gasteiger partial charge in [-0.3, -0.25) is 14.6 Å². The van der Waals surface area contributed by atoms with Crippen molar-refractivity contribution < 1.29 is 9.84 Å². The predicted molar refractivity (Wildman–Crippen MR) is 128 cm³/mol. The lowest BCUT2D eigenvalue weighted by molar-refractivity contribution is -0.0338. The van der Waals surface area contributed by atoms with Gasteiger partial charge < -0.3 is 14.4 Å². The Balaban J connectivity index is 1.34. The molecule has 2 aromatic carbocycles. The molecule has 3 heterocycles. The summed E-state index contributed by atoms with van der Waals surface area (Å²) in [5.41, 5.74) is 5.22. The maximum absolute atomic E-state index is 12.7. The van der Waals surface area contributed by atoms with Gasteiger partial charge in [0.15, 0.2) is 5.75 Å². The van der Waals surface area contributed by atoms with Crippen molar-refractivity contribution >= 4 is 0 Å². The van der Waals surface area contributed by atoms with Crippen LogP contribution in [0.5, 0.6) is 5.75 Å².